The van der Waals surface area contributed by atoms with E-state index in [9.17, 15) is 0 Å². The monoisotopic (exact) mass is 169 g/mol. The predicted molar refractivity (Wildman–Crippen MR) is 51.0 cm³/mol. The number of allylic oxidation sites excluding steroid dienone is 1. The van der Waals surface area contributed by atoms with Crippen LogP contribution >= 0.6 is 0 Å². The van der Waals surface area contributed by atoms with Gasteiger partial charge in [-0.3, -0.25) is 0 Å². The average molecular weight is 169 g/mol. The van der Waals surface area contributed by atoms with Crippen LogP contribution in [0.5, 0.6) is 0 Å². The second-order valence-electron chi connectivity index (χ2n) is 3.49. The Morgan fingerprint density at radius 2 is 2.50 bits per heavy atom. The molecule has 0 bridgehead atoms. The van der Waals surface area contributed by atoms with E-state index in [2.05, 4.69) is 6.08 Å². The molecular weight excluding hydrogens is 150 g/mol. The summed E-state index contributed by atoms with van der Waals surface area (Å²) < 4.78 is 5.00. The van der Waals surface area contributed by atoms with Crippen molar-refractivity contribution in [3.8, 4) is 0 Å². The van der Waals surface area contributed by atoms with E-state index in [1.54, 1.807) is 12.7 Å². The van der Waals surface area contributed by atoms with E-state index in [1.165, 1.54) is 19.3 Å². The van der Waals surface area contributed by atoms with Gasteiger partial charge >= 0.3 is 0 Å². The highest BCUT2D eigenvalue weighted by Gasteiger charge is 2.09. The molecule has 0 aromatic rings. The molecule has 0 radical (unpaired) electrons. The summed E-state index contributed by atoms with van der Waals surface area (Å²) in [4.78, 5) is 0. The van der Waals surface area contributed by atoms with Gasteiger partial charge in [-0.1, -0.05) is 11.6 Å². The van der Waals surface area contributed by atoms with Crippen LogP contribution in [-0.2, 0) is 4.74 Å². The molecule has 70 valence electrons. The number of hydrogen-bond acceptors (Lipinski definition) is 2. The van der Waals surface area contributed by atoms with Crippen molar-refractivity contribution in [2.24, 2.45) is 5.73 Å². The molecule has 1 unspecified atom stereocenters. The standard InChI is InChI=1S/C10H19NO/c1-12-8-2-3-9-4-6-10(11)7-5-9/h4,10H,2-3,5-8,11H2,1H3. The van der Waals surface area contributed by atoms with Crippen molar-refractivity contribution in [3.05, 3.63) is 11.6 Å². The number of nitrogens with two attached hydrogens (primary N) is 1. The van der Waals surface area contributed by atoms with Gasteiger partial charge in [0.1, 0.15) is 0 Å². The number of ether oxygens (including phenoxy) is 1. The first-order valence-electron chi connectivity index (χ1n) is 4.75. The first-order valence-corrected chi connectivity index (χ1v) is 4.75. The topological polar surface area (TPSA) is 35.2 Å². The Morgan fingerprint density at radius 3 is 3.08 bits per heavy atom. The molecule has 1 atom stereocenters. The van der Waals surface area contributed by atoms with Crippen molar-refractivity contribution in [1.82, 2.24) is 0 Å². The van der Waals surface area contributed by atoms with Crippen LogP contribution in [0.4, 0.5) is 0 Å². The molecule has 12 heavy (non-hydrogen) atoms. The van der Waals surface area contributed by atoms with E-state index in [1.807, 2.05) is 0 Å². The Morgan fingerprint density at radius 1 is 1.67 bits per heavy atom. The Hall–Kier alpha value is -0.340. The smallest absolute Gasteiger partial charge is 0.0465 e. The maximum atomic E-state index is 5.78. The molecule has 1 rings (SSSR count). The molecule has 0 saturated heterocycles. The van der Waals surface area contributed by atoms with Gasteiger partial charge in [0.25, 0.3) is 0 Å². The lowest BCUT2D eigenvalue weighted by Crippen LogP contribution is -2.21. The predicted octanol–water partition coefficient (Wildman–Crippen LogP) is 1.85. The second-order valence-corrected chi connectivity index (χ2v) is 3.49. The third kappa shape index (κ3) is 3.37. The fourth-order valence-electron chi connectivity index (χ4n) is 1.58. The molecule has 2 N–H and O–H groups in total. The van der Waals surface area contributed by atoms with Crippen LogP contribution in [0.2, 0.25) is 0 Å². The largest absolute Gasteiger partial charge is 0.385 e. The summed E-state index contributed by atoms with van der Waals surface area (Å²) in [7, 11) is 1.76. The zero-order chi connectivity index (χ0) is 8.81. The summed E-state index contributed by atoms with van der Waals surface area (Å²) in [5.41, 5.74) is 7.36. The van der Waals surface area contributed by atoms with Crippen LogP contribution in [0, 0.1) is 0 Å². The molecule has 0 aromatic heterocycles. The molecular formula is C10H19NO. The second kappa shape index (κ2) is 5.33. The van der Waals surface area contributed by atoms with E-state index in [-0.39, 0.29) is 0 Å². The van der Waals surface area contributed by atoms with Crippen molar-refractivity contribution >= 4 is 0 Å². The van der Waals surface area contributed by atoms with E-state index < -0.39 is 0 Å². The van der Waals surface area contributed by atoms with Gasteiger partial charge in [0, 0.05) is 19.8 Å². The highest BCUT2D eigenvalue weighted by atomic mass is 16.5. The summed E-state index contributed by atoms with van der Waals surface area (Å²) in [5.74, 6) is 0. The van der Waals surface area contributed by atoms with E-state index in [4.69, 9.17) is 10.5 Å². The maximum absolute atomic E-state index is 5.78. The minimum absolute atomic E-state index is 0.413. The van der Waals surface area contributed by atoms with E-state index in [0.29, 0.717) is 6.04 Å². The normalized spacial score (nSPS) is 23.8. The van der Waals surface area contributed by atoms with Crippen LogP contribution in [0.1, 0.15) is 32.1 Å². The van der Waals surface area contributed by atoms with Gasteiger partial charge in [0.15, 0.2) is 0 Å². The molecule has 1 aliphatic carbocycles. The Labute approximate surface area is 74.8 Å². The van der Waals surface area contributed by atoms with Crippen molar-refractivity contribution in [2.75, 3.05) is 13.7 Å². The highest BCUT2D eigenvalue weighted by Crippen LogP contribution is 2.20. The van der Waals surface area contributed by atoms with Crippen LogP contribution < -0.4 is 5.73 Å². The van der Waals surface area contributed by atoms with Crippen molar-refractivity contribution in [2.45, 2.75) is 38.1 Å². The van der Waals surface area contributed by atoms with Crippen LogP contribution in [-0.4, -0.2) is 19.8 Å². The summed E-state index contributed by atoms with van der Waals surface area (Å²) in [6.07, 6.45) is 8.09. The zero-order valence-electron chi connectivity index (χ0n) is 7.88. The molecule has 2 heteroatoms. The first-order chi connectivity index (χ1) is 5.83. The molecule has 0 amide bonds. The lowest BCUT2D eigenvalue weighted by Gasteiger charge is -2.17. The van der Waals surface area contributed by atoms with Crippen molar-refractivity contribution in [1.29, 1.82) is 0 Å². The molecule has 0 spiro atoms. The fraction of sp³-hybridized carbons (Fsp3) is 0.800. The quantitative estimate of drug-likeness (QED) is 0.515. The molecule has 1 aliphatic rings. The molecule has 0 aromatic carbocycles. The summed E-state index contributed by atoms with van der Waals surface area (Å²) in [6.45, 7) is 0.878. The average Bonchev–Trinajstić information content (AvgIpc) is 2.09. The van der Waals surface area contributed by atoms with Crippen molar-refractivity contribution < 1.29 is 4.74 Å². The van der Waals surface area contributed by atoms with Gasteiger partial charge in [0.2, 0.25) is 0 Å². The van der Waals surface area contributed by atoms with E-state index >= 15 is 0 Å². The lowest BCUT2D eigenvalue weighted by atomic mass is 9.93. The van der Waals surface area contributed by atoms with Gasteiger partial charge < -0.3 is 10.5 Å². The lowest BCUT2D eigenvalue weighted by molar-refractivity contribution is 0.194. The zero-order valence-corrected chi connectivity index (χ0v) is 7.88. The molecule has 2 nitrogen and oxygen atoms in total. The summed E-state index contributed by atoms with van der Waals surface area (Å²) in [5, 5.41) is 0. The van der Waals surface area contributed by atoms with E-state index in [0.717, 1.165) is 19.4 Å². The number of rotatable bonds is 4. The maximum Gasteiger partial charge on any atom is 0.0465 e. The third-order valence-electron chi connectivity index (χ3n) is 2.39. The minimum atomic E-state index is 0.413. The molecule has 0 heterocycles. The van der Waals surface area contributed by atoms with Gasteiger partial charge in [-0.15, -0.1) is 0 Å². The summed E-state index contributed by atoms with van der Waals surface area (Å²) >= 11 is 0. The SMILES string of the molecule is COCCCC1=CCC(N)CC1. The third-order valence-corrected chi connectivity index (χ3v) is 2.39. The van der Waals surface area contributed by atoms with Gasteiger partial charge in [-0.2, -0.15) is 0 Å². The van der Waals surface area contributed by atoms with Gasteiger partial charge in [0.05, 0.1) is 0 Å². The Bertz CT molecular complexity index is 154. The van der Waals surface area contributed by atoms with Crippen molar-refractivity contribution in [3.63, 3.8) is 0 Å². The summed E-state index contributed by atoms with van der Waals surface area (Å²) in [6, 6.07) is 0.413. The fourth-order valence-corrected chi connectivity index (χ4v) is 1.58. The van der Waals surface area contributed by atoms with Gasteiger partial charge in [-0.05, 0) is 32.1 Å². The highest BCUT2D eigenvalue weighted by molar-refractivity contribution is 5.07. The number of hydrogen-bond donors (Lipinski definition) is 1. The Kier molecular flexibility index (Phi) is 4.33. The number of methoxy groups -OCH3 is 1. The first kappa shape index (κ1) is 9.75. The van der Waals surface area contributed by atoms with Gasteiger partial charge in [-0.25, -0.2) is 0 Å². The Balaban J connectivity index is 2.15. The van der Waals surface area contributed by atoms with Crippen LogP contribution in [0.3, 0.4) is 0 Å². The molecule has 0 aliphatic heterocycles. The van der Waals surface area contributed by atoms with Crippen LogP contribution in [0.25, 0.3) is 0 Å². The molecule has 0 saturated carbocycles. The molecule has 0 fully saturated rings. The minimum Gasteiger partial charge on any atom is -0.385 e. The van der Waals surface area contributed by atoms with Crippen LogP contribution in [0.15, 0.2) is 11.6 Å².